The van der Waals surface area contributed by atoms with E-state index in [4.69, 9.17) is 0 Å². The molecule has 0 N–H and O–H groups in total. The van der Waals surface area contributed by atoms with Crippen molar-refractivity contribution in [3.8, 4) is 10.4 Å². The van der Waals surface area contributed by atoms with Gasteiger partial charge in [0.15, 0.2) is 4.96 Å². The van der Waals surface area contributed by atoms with Crippen LogP contribution in [0.25, 0.3) is 15.4 Å². The van der Waals surface area contributed by atoms with Crippen LogP contribution in [0.2, 0.25) is 0 Å². The molecule has 0 aliphatic carbocycles. The lowest BCUT2D eigenvalue weighted by Crippen LogP contribution is -2.35. The number of pyridine rings is 1. The lowest BCUT2D eigenvalue weighted by atomic mass is 10.1. The van der Waals surface area contributed by atoms with E-state index in [1.165, 1.54) is 6.42 Å². The summed E-state index contributed by atoms with van der Waals surface area (Å²) in [5.41, 5.74) is 1.62. The highest BCUT2D eigenvalue weighted by Gasteiger charge is 2.21. The molecule has 1 aliphatic rings. The molecule has 1 amide bonds. The van der Waals surface area contributed by atoms with Gasteiger partial charge < -0.3 is 4.90 Å². The largest absolute Gasteiger partial charge is 0.337 e. The van der Waals surface area contributed by atoms with Gasteiger partial charge in [-0.25, -0.2) is 4.98 Å². The van der Waals surface area contributed by atoms with Crippen molar-refractivity contribution in [2.75, 3.05) is 13.1 Å². The van der Waals surface area contributed by atoms with Crippen molar-refractivity contribution in [3.05, 3.63) is 42.6 Å². The lowest BCUT2D eigenvalue weighted by Gasteiger charge is -2.25. The summed E-state index contributed by atoms with van der Waals surface area (Å²) in [5.74, 6) is 0.0542. The molecule has 4 heterocycles. The molecule has 0 spiro atoms. The Kier molecular flexibility index (Phi) is 3.38. The number of carbonyl (C=O) groups excluding carboxylic acids is 1. The highest BCUT2D eigenvalue weighted by Crippen LogP contribution is 2.28. The zero-order chi connectivity index (χ0) is 14.9. The fourth-order valence-electron chi connectivity index (χ4n) is 2.80. The van der Waals surface area contributed by atoms with Gasteiger partial charge in [0.25, 0.3) is 5.91 Å². The summed E-state index contributed by atoms with van der Waals surface area (Å²) in [6, 6.07) is 3.95. The normalized spacial score (nSPS) is 15.4. The van der Waals surface area contributed by atoms with Gasteiger partial charge in [0, 0.05) is 43.4 Å². The van der Waals surface area contributed by atoms with Crippen molar-refractivity contribution in [1.29, 1.82) is 0 Å². The third-order valence-electron chi connectivity index (χ3n) is 3.96. The third-order valence-corrected chi connectivity index (χ3v) is 5.01. The number of rotatable bonds is 2. The highest BCUT2D eigenvalue weighted by atomic mass is 32.1. The van der Waals surface area contributed by atoms with Crippen molar-refractivity contribution in [1.82, 2.24) is 19.3 Å². The van der Waals surface area contributed by atoms with E-state index in [0.29, 0.717) is 5.69 Å². The second-order valence-corrected chi connectivity index (χ2v) is 6.52. The van der Waals surface area contributed by atoms with Crippen LogP contribution in [0.5, 0.6) is 0 Å². The van der Waals surface area contributed by atoms with E-state index in [0.717, 1.165) is 41.3 Å². The van der Waals surface area contributed by atoms with Crippen LogP contribution in [0, 0.1) is 0 Å². The Morgan fingerprint density at radius 1 is 1.18 bits per heavy atom. The van der Waals surface area contributed by atoms with Gasteiger partial charge in [-0.1, -0.05) is 17.4 Å². The molecule has 4 rings (SSSR count). The van der Waals surface area contributed by atoms with Gasteiger partial charge in [-0.05, 0) is 25.3 Å². The molecular formula is C16H16N4OS. The molecule has 1 fully saturated rings. The first-order valence-electron chi connectivity index (χ1n) is 7.49. The van der Waals surface area contributed by atoms with Gasteiger partial charge in [-0.3, -0.25) is 14.2 Å². The van der Waals surface area contributed by atoms with Crippen molar-refractivity contribution in [3.63, 3.8) is 0 Å². The molecule has 1 aliphatic heterocycles. The fraction of sp³-hybridized carbons (Fsp3) is 0.312. The number of hydrogen-bond donors (Lipinski definition) is 0. The Labute approximate surface area is 132 Å². The molecule has 112 valence electrons. The van der Waals surface area contributed by atoms with Crippen LogP contribution in [0.3, 0.4) is 0 Å². The molecule has 6 heteroatoms. The second kappa shape index (κ2) is 5.53. The maximum atomic E-state index is 12.5. The maximum absolute atomic E-state index is 12.5. The summed E-state index contributed by atoms with van der Waals surface area (Å²) in [6.45, 7) is 1.70. The van der Waals surface area contributed by atoms with Crippen molar-refractivity contribution in [2.45, 2.75) is 19.3 Å². The zero-order valence-corrected chi connectivity index (χ0v) is 12.9. The van der Waals surface area contributed by atoms with Crippen LogP contribution >= 0.6 is 11.3 Å². The Morgan fingerprint density at radius 3 is 2.77 bits per heavy atom. The fourth-order valence-corrected chi connectivity index (χ4v) is 3.76. The van der Waals surface area contributed by atoms with Crippen LogP contribution in [0.1, 0.15) is 29.8 Å². The number of piperidine rings is 1. The Hall–Kier alpha value is -2.21. The highest BCUT2D eigenvalue weighted by molar-refractivity contribution is 7.20. The second-order valence-electron chi connectivity index (χ2n) is 5.51. The van der Waals surface area contributed by atoms with E-state index in [9.17, 15) is 4.79 Å². The quantitative estimate of drug-likeness (QED) is 0.730. The standard InChI is InChI=1S/C16H16N4OS/c21-15(19-7-2-1-3-8-19)13-10-20-11-14(22-16(20)18-13)12-5-4-6-17-9-12/h4-6,9-11H,1-3,7-8H2. The predicted molar refractivity (Wildman–Crippen MR) is 86.1 cm³/mol. The molecule has 0 saturated carbocycles. The summed E-state index contributed by atoms with van der Waals surface area (Å²) < 4.78 is 1.93. The SMILES string of the molecule is O=C(c1cn2cc(-c3cccnc3)sc2n1)N1CCCCC1. The van der Waals surface area contributed by atoms with E-state index in [2.05, 4.69) is 9.97 Å². The summed E-state index contributed by atoms with van der Waals surface area (Å²) in [6.07, 6.45) is 10.9. The summed E-state index contributed by atoms with van der Waals surface area (Å²) in [7, 11) is 0. The number of likely N-dealkylation sites (tertiary alicyclic amines) is 1. The average Bonchev–Trinajstić information content (AvgIpc) is 3.15. The Bertz CT molecular complexity index is 771. The minimum absolute atomic E-state index is 0.0542. The van der Waals surface area contributed by atoms with Crippen LogP contribution in [-0.4, -0.2) is 38.3 Å². The monoisotopic (exact) mass is 312 g/mol. The summed E-state index contributed by atoms with van der Waals surface area (Å²) in [4.78, 5) is 25.0. The minimum Gasteiger partial charge on any atom is -0.337 e. The molecule has 3 aromatic heterocycles. The molecule has 1 saturated heterocycles. The molecule has 0 aromatic carbocycles. The molecular weight excluding hydrogens is 296 g/mol. The van der Waals surface area contributed by atoms with E-state index < -0.39 is 0 Å². The molecule has 0 unspecified atom stereocenters. The Balaban J connectivity index is 1.62. The van der Waals surface area contributed by atoms with Crippen molar-refractivity contribution in [2.24, 2.45) is 0 Å². The van der Waals surface area contributed by atoms with E-state index in [-0.39, 0.29) is 5.91 Å². The number of amides is 1. The number of carbonyl (C=O) groups is 1. The number of fused-ring (bicyclic) bond motifs is 1. The van der Waals surface area contributed by atoms with Gasteiger partial charge in [0.1, 0.15) is 5.69 Å². The van der Waals surface area contributed by atoms with Crippen LogP contribution in [-0.2, 0) is 0 Å². The third kappa shape index (κ3) is 2.39. The molecule has 0 bridgehead atoms. The molecule has 0 radical (unpaired) electrons. The average molecular weight is 312 g/mol. The first kappa shape index (κ1) is 13.5. The van der Waals surface area contributed by atoms with Gasteiger partial charge in [-0.2, -0.15) is 0 Å². The van der Waals surface area contributed by atoms with Crippen molar-refractivity contribution < 1.29 is 4.79 Å². The van der Waals surface area contributed by atoms with Gasteiger partial charge in [0.2, 0.25) is 0 Å². The molecule has 5 nitrogen and oxygen atoms in total. The van der Waals surface area contributed by atoms with Gasteiger partial charge in [0.05, 0.1) is 4.88 Å². The lowest BCUT2D eigenvalue weighted by molar-refractivity contribution is 0.0719. The number of imidazole rings is 1. The van der Waals surface area contributed by atoms with Crippen LogP contribution in [0.15, 0.2) is 36.9 Å². The topological polar surface area (TPSA) is 50.5 Å². The van der Waals surface area contributed by atoms with Crippen LogP contribution < -0.4 is 0 Å². The van der Waals surface area contributed by atoms with E-state index >= 15 is 0 Å². The number of aromatic nitrogens is 3. The van der Waals surface area contributed by atoms with Gasteiger partial charge in [-0.15, -0.1) is 0 Å². The first-order valence-corrected chi connectivity index (χ1v) is 8.31. The summed E-state index contributed by atoms with van der Waals surface area (Å²) in [5, 5.41) is 0. The Morgan fingerprint density at radius 2 is 2.05 bits per heavy atom. The predicted octanol–water partition coefficient (Wildman–Crippen LogP) is 3.08. The molecule has 22 heavy (non-hydrogen) atoms. The van der Waals surface area contributed by atoms with Crippen molar-refractivity contribution >= 4 is 22.2 Å². The summed E-state index contributed by atoms with van der Waals surface area (Å²) >= 11 is 1.58. The minimum atomic E-state index is 0.0542. The smallest absolute Gasteiger partial charge is 0.274 e. The molecule has 3 aromatic rings. The van der Waals surface area contributed by atoms with E-state index in [1.807, 2.05) is 40.0 Å². The van der Waals surface area contributed by atoms with Crippen LogP contribution in [0.4, 0.5) is 0 Å². The number of thiazole rings is 1. The number of hydrogen-bond acceptors (Lipinski definition) is 4. The first-order chi connectivity index (χ1) is 10.8. The number of nitrogens with zero attached hydrogens (tertiary/aromatic N) is 4. The van der Waals surface area contributed by atoms with E-state index in [1.54, 1.807) is 17.5 Å². The molecule has 0 atom stereocenters. The van der Waals surface area contributed by atoms with Gasteiger partial charge >= 0.3 is 0 Å². The zero-order valence-electron chi connectivity index (χ0n) is 12.1. The maximum Gasteiger partial charge on any atom is 0.274 e.